The van der Waals surface area contributed by atoms with Crippen molar-refractivity contribution in [2.24, 2.45) is 0 Å². The summed E-state index contributed by atoms with van der Waals surface area (Å²) in [6.45, 7) is 0.181. The average Bonchev–Trinajstić information content (AvgIpc) is 2.47. The number of nitrogens with zero attached hydrogens (tertiary/aromatic N) is 1. The minimum atomic E-state index is -4.57. The fourth-order valence-corrected chi connectivity index (χ4v) is 2.76. The minimum Gasteiger partial charge on any atom is -0.497 e. The molecular weight excluding hydrogens is 283 g/mol. The standard InChI is InChI=1S/C15H20F3NO2/c1-21-12-6-4-5-11(9-12)13-7-2-3-8-19(13)10-14(20)15(16,17)18/h4-6,9,13-14,20H,2-3,7-8,10H2,1H3/t13-,14+/m1/s1. The van der Waals surface area contributed by atoms with E-state index in [1.54, 1.807) is 18.1 Å². The topological polar surface area (TPSA) is 32.7 Å². The fraction of sp³-hybridized carbons (Fsp3) is 0.600. The number of aliphatic hydroxyl groups excluding tert-OH is 1. The van der Waals surface area contributed by atoms with Gasteiger partial charge in [0.25, 0.3) is 0 Å². The van der Waals surface area contributed by atoms with Gasteiger partial charge in [0.1, 0.15) is 5.75 Å². The first-order chi connectivity index (χ1) is 9.91. The molecule has 0 unspecified atom stereocenters. The molecule has 2 atom stereocenters. The van der Waals surface area contributed by atoms with Crippen LogP contribution in [0.1, 0.15) is 30.9 Å². The maximum absolute atomic E-state index is 12.6. The monoisotopic (exact) mass is 303 g/mol. The second kappa shape index (κ2) is 6.66. The van der Waals surface area contributed by atoms with Crippen molar-refractivity contribution in [1.82, 2.24) is 4.90 Å². The van der Waals surface area contributed by atoms with Crippen LogP contribution in [0.25, 0.3) is 0 Å². The smallest absolute Gasteiger partial charge is 0.415 e. The maximum atomic E-state index is 12.6. The summed E-state index contributed by atoms with van der Waals surface area (Å²) in [5, 5.41) is 9.31. The Bertz CT molecular complexity index is 464. The van der Waals surface area contributed by atoms with E-state index in [9.17, 15) is 18.3 Å². The Labute approximate surface area is 122 Å². The molecular formula is C15H20F3NO2. The summed E-state index contributed by atoms with van der Waals surface area (Å²) in [6.07, 6.45) is -4.26. The van der Waals surface area contributed by atoms with Crippen molar-refractivity contribution in [3.63, 3.8) is 0 Å². The summed E-state index contributed by atoms with van der Waals surface area (Å²) in [4.78, 5) is 1.72. The molecule has 0 spiro atoms. The lowest BCUT2D eigenvalue weighted by molar-refractivity contribution is -0.210. The highest BCUT2D eigenvalue weighted by molar-refractivity contribution is 5.30. The molecule has 1 N–H and O–H groups in total. The number of halogens is 3. The van der Waals surface area contributed by atoms with E-state index in [1.165, 1.54) is 0 Å². The molecule has 0 bridgehead atoms. The molecule has 1 fully saturated rings. The van der Waals surface area contributed by atoms with E-state index in [0.717, 1.165) is 24.8 Å². The first-order valence-electron chi connectivity index (χ1n) is 7.04. The highest BCUT2D eigenvalue weighted by Gasteiger charge is 2.40. The second-order valence-corrected chi connectivity index (χ2v) is 5.34. The Morgan fingerprint density at radius 1 is 1.38 bits per heavy atom. The molecule has 21 heavy (non-hydrogen) atoms. The van der Waals surface area contributed by atoms with E-state index in [4.69, 9.17) is 4.74 Å². The highest BCUT2D eigenvalue weighted by Crippen LogP contribution is 2.33. The van der Waals surface area contributed by atoms with Crippen LogP contribution in [0.2, 0.25) is 0 Å². The van der Waals surface area contributed by atoms with Gasteiger partial charge in [-0.2, -0.15) is 13.2 Å². The van der Waals surface area contributed by atoms with Crippen molar-refractivity contribution in [3.05, 3.63) is 29.8 Å². The van der Waals surface area contributed by atoms with Crippen LogP contribution in [0.4, 0.5) is 13.2 Å². The number of aliphatic hydroxyl groups is 1. The van der Waals surface area contributed by atoms with Crippen LogP contribution in [-0.2, 0) is 0 Å². The van der Waals surface area contributed by atoms with Gasteiger partial charge in [0.15, 0.2) is 6.10 Å². The molecule has 1 aromatic carbocycles. The lowest BCUT2D eigenvalue weighted by Gasteiger charge is -2.37. The first-order valence-corrected chi connectivity index (χ1v) is 7.04. The van der Waals surface area contributed by atoms with Crippen LogP contribution in [0.15, 0.2) is 24.3 Å². The van der Waals surface area contributed by atoms with Gasteiger partial charge in [-0.25, -0.2) is 0 Å². The maximum Gasteiger partial charge on any atom is 0.415 e. The van der Waals surface area contributed by atoms with Crippen LogP contribution in [0, 0.1) is 0 Å². The zero-order chi connectivity index (χ0) is 15.5. The summed E-state index contributed by atoms with van der Waals surface area (Å²) >= 11 is 0. The lowest BCUT2D eigenvalue weighted by Crippen LogP contribution is -2.44. The van der Waals surface area contributed by atoms with Crippen LogP contribution in [0.3, 0.4) is 0 Å². The number of hydrogen-bond donors (Lipinski definition) is 1. The van der Waals surface area contributed by atoms with Crippen molar-refractivity contribution in [1.29, 1.82) is 0 Å². The molecule has 0 aromatic heterocycles. The van der Waals surface area contributed by atoms with Gasteiger partial charge in [0.05, 0.1) is 7.11 Å². The van der Waals surface area contributed by atoms with Gasteiger partial charge in [0, 0.05) is 12.6 Å². The Balaban J connectivity index is 2.15. The molecule has 1 aromatic rings. The number of benzene rings is 1. The van der Waals surface area contributed by atoms with Gasteiger partial charge in [0.2, 0.25) is 0 Å². The van der Waals surface area contributed by atoms with Crippen molar-refractivity contribution in [2.45, 2.75) is 37.6 Å². The summed E-state index contributed by atoms with van der Waals surface area (Å²) in [6, 6.07) is 7.28. The Morgan fingerprint density at radius 3 is 2.81 bits per heavy atom. The molecule has 2 rings (SSSR count). The number of hydrogen-bond acceptors (Lipinski definition) is 3. The van der Waals surface area contributed by atoms with Crippen molar-refractivity contribution in [2.75, 3.05) is 20.2 Å². The fourth-order valence-electron chi connectivity index (χ4n) is 2.76. The summed E-state index contributed by atoms with van der Waals surface area (Å²) in [5.41, 5.74) is 0.934. The number of methoxy groups -OCH3 is 1. The summed E-state index contributed by atoms with van der Waals surface area (Å²) in [7, 11) is 1.56. The van der Waals surface area contributed by atoms with Gasteiger partial charge < -0.3 is 9.84 Å². The van der Waals surface area contributed by atoms with E-state index < -0.39 is 12.3 Å². The zero-order valence-corrected chi connectivity index (χ0v) is 11.9. The van der Waals surface area contributed by atoms with E-state index in [0.29, 0.717) is 12.3 Å². The number of β-amino-alcohol motifs (C(OH)–C–C–N with tert-alkyl or cyclic N) is 1. The van der Waals surface area contributed by atoms with Crippen LogP contribution >= 0.6 is 0 Å². The molecule has 6 heteroatoms. The predicted octanol–water partition coefficient (Wildman–Crippen LogP) is 3.15. The summed E-state index contributed by atoms with van der Waals surface area (Å²) in [5.74, 6) is 0.689. The van der Waals surface area contributed by atoms with Gasteiger partial charge in [-0.05, 0) is 37.1 Å². The molecule has 1 aliphatic heterocycles. The van der Waals surface area contributed by atoms with Crippen molar-refractivity contribution in [3.8, 4) is 5.75 Å². The quantitative estimate of drug-likeness (QED) is 0.927. The Kier molecular flexibility index (Phi) is 5.11. The normalized spacial score (nSPS) is 22.0. The van der Waals surface area contributed by atoms with Gasteiger partial charge in [-0.15, -0.1) is 0 Å². The predicted molar refractivity (Wildman–Crippen MR) is 73.2 cm³/mol. The minimum absolute atomic E-state index is 0.106. The third-order valence-corrected chi connectivity index (χ3v) is 3.88. The molecule has 0 radical (unpaired) electrons. The first kappa shape index (κ1) is 16.1. The molecule has 1 aliphatic rings. The van der Waals surface area contributed by atoms with E-state index in [-0.39, 0.29) is 12.6 Å². The molecule has 0 aliphatic carbocycles. The molecule has 0 saturated carbocycles. The van der Waals surface area contributed by atoms with Gasteiger partial charge in [-0.1, -0.05) is 18.6 Å². The lowest BCUT2D eigenvalue weighted by atomic mass is 9.94. The molecule has 3 nitrogen and oxygen atoms in total. The molecule has 1 saturated heterocycles. The number of likely N-dealkylation sites (tertiary alicyclic amines) is 1. The van der Waals surface area contributed by atoms with Gasteiger partial charge >= 0.3 is 6.18 Å². The van der Waals surface area contributed by atoms with E-state index in [1.807, 2.05) is 18.2 Å². The second-order valence-electron chi connectivity index (χ2n) is 5.34. The van der Waals surface area contributed by atoms with E-state index >= 15 is 0 Å². The third kappa shape index (κ3) is 4.11. The Hall–Kier alpha value is -1.27. The van der Waals surface area contributed by atoms with Gasteiger partial charge in [-0.3, -0.25) is 4.90 Å². The molecule has 118 valence electrons. The van der Waals surface area contributed by atoms with Crippen LogP contribution < -0.4 is 4.74 Å². The number of alkyl halides is 3. The third-order valence-electron chi connectivity index (χ3n) is 3.88. The number of piperidine rings is 1. The molecule has 1 heterocycles. The van der Waals surface area contributed by atoms with Crippen molar-refractivity contribution >= 4 is 0 Å². The van der Waals surface area contributed by atoms with Crippen molar-refractivity contribution < 1.29 is 23.0 Å². The number of ether oxygens (including phenoxy) is 1. The number of rotatable bonds is 4. The van der Waals surface area contributed by atoms with Crippen LogP contribution in [-0.4, -0.2) is 42.5 Å². The van der Waals surface area contributed by atoms with E-state index in [2.05, 4.69) is 0 Å². The van der Waals surface area contributed by atoms with Crippen LogP contribution in [0.5, 0.6) is 5.75 Å². The Morgan fingerprint density at radius 2 is 2.14 bits per heavy atom. The largest absolute Gasteiger partial charge is 0.497 e. The molecule has 0 amide bonds. The average molecular weight is 303 g/mol. The highest BCUT2D eigenvalue weighted by atomic mass is 19.4. The zero-order valence-electron chi connectivity index (χ0n) is 11.9. The SMILES string of the molecule is COc1cccc([C@H]2CCCCN2C[C@H](O)C(F)(F)F)c1. The summed E-state index contributed by atoms with van der Waals surface area (Å²) < 4.78 is 42.8.